The van der Waals surface area contributed by atoms with Gasteiger partial charge in [-0.3, -0.25) is 4.79 Å². The van der Waals surface area contributed by atoms with Gasteiger partial charge in [0.25, 0.3) is 0 Å². The number of aromatic nitrogens is 3. The van der Waals surface area contributed by atoms with Crippen LogP contribution in [0.15, 0.2) is 59.8 Å². The lowest BCUT2D eigenvalue weighted by molar-refractivity contribution is -0.113. The van der Waals surface area contributed by atoms with Gasteiger partial charge in [-0.25, -0.2) is 0 Å². The molecule has 0 atom stereocenters. The third-order valence-corrected chi connectivity index (χ3v) is 6.67. The topological polar surface area (TPSA) is 69.0 Å². The summed E-state index contributed by atoms with van der Waals surface area (Å²) in [6.45, 7) is 5.00. The summed E-state index contributed by atoms with van der Waals surface area (Å²) in [5.41, 5.74) is 1.60. The number of hydrogen-bond donors (Lipinski definition) is 1. The summed E-state index contributed by atoms with van der Waals surface area (Å²) in [5, 5.41) is 15.2. The van der Waals surface area contributed by atoms with Crippen molar-refractivity contribution in [2.75, 3.05) is 11.1 Å². The predicted molar refractivity (Wildman–Crippen MR) is 135 cm³/mol. The second-order valence-corrected chi connectivity index (χ2v) is 9.09. The lowest BCUT2D eigenvalue weighted by Crippen LogP contribution is -2.15. The van der Waals surface area contributed by atoms with Crippen molar-refractivity contribution in [3.8, 4) is 5.75 Å². The number of anilines is 1. The van der Waals surface area contributed by atoms with E-state index in [-0.39, 0.29) is 18.3 Å². The van der Waals surface area contributed by atoms with E-state index < -0.39 is 0 Å². The van der Waals surface area contributed by atoms with Crippen LogP contribution in [-0.2, 0) is 17.9 Å². The minimum atomic E-state index is -0.195. The number of hydrogen-bond acceptors (Lipinski definition) is 5. The number of fused-ring (bicyclic) bond motifs is 1. The monoisotopic (exact) mass is 500 g/mol. The van der Waals surface area contributed by atoms with E-state index in [2.05, 4.69) is 40.6 Å². The van der Waals surface area contributed by atoms with Crippen molar-refractivity contribution in [1.82, 2.24) is 14.8 Å². The second-order valence-electron chi connectivity index (χ2n) is 7.30. The maximum absolute atomic E-state index is 12.4. The highest BCUT2D eigenvalue weighted by atomic mass is 35.5. The molecule has 0 fully saturated rings. The molecule has 0 radical (unpaired) electrons. The lowest BCUT2D eigenvalue weighted by atomic mass is 10.0. The van der Waals surface area contributed by atoms with E-state index in [4.69, 9.17) is 27.9 Å². The molecule has 0 saturated heterocycles. The van der Waals surface area contributed by atoms with E-state index >= 15 is 0 Å². The number of amides is 1. The number of nitrogens with zero attached hydrogens (tertiary/aromatic N) is 3. The van der Waals surface area contributed by atoms with Crippen LogP contribution in [0.5, 0.6) is 5.75 Å². The molecule has 9 heteroatoms. The molecule has 33 heavy (non-hydrogen) atoms. The predicted octanol–water partition coefficient (Wildman–Crippen LogP) is 6.38. The summed E-state index contributed by atoms with van der Waals surface area (Å²) in [6, 6.07) is 17.2. The Labute approximate surface area is 206 Å². The van der Waals surface area contributed by atoms with Gasteiger partial charge in [0.2, 0.25) is 5.91 Å². The van der Waals surface area contributed by atoms with Gasteiger partial charge in [-0.1, -0.05) is 65.3 Å². The van der Waals surface area contributed by atoms with Gasteiger partial charge in [-0.05, 0) is 54.4 Å². The van der Waals surface area contributed by atoms with E-state index in [9.17, 15) is 4.79 Å². The third kappa shape index (κ3) is 5.43. The fraction of sp³-hybridized carbons (Fsp3) is 0.208. The number of carbonyl (C=O) groups is 1. The normalized spacial score (nSPS) is 11.0. The van der Waals surface area contributed by atoms with Crippen LogP contribution in [0.1, 0.15) is 18.3 Å². The maximum Gasteiger partial charge on any atom is 0.234 e. The molecule has 4 rings (SSSR count). The molecule has 0 spiro atoms. The first-order valence-corrected chi connectivity index (χ1v) is 12.1. The Kier molecular flexibility index (Phi) is 7.42. The lowest BCUT2D eigenvalue weighted by Gasteiger charge is -2.12. The molecule has 0 aliphatic carbocycles. The number of ether oxygens (including phenoxy) is 1. The Hall–Kier alpha value is -2.74. The number of halogens is 2. The Morgan fingerprint density at radius 2 is 1.94 bits per heavy atom. The van der Waals surface area contributed by atoms with Gasteiger partial charge in [-0.15, -0.1) is 10.2 Å². The highest BCUT2D eigenvalue weighted by molar-refractivity contribution is 7.99. The number of nitrogens with one attached hydrogen (secondary N) is 1. The van der Waals surface area contributed by atoms with Crippen LogP contribution in [0.25, 0.3) is 10.8 Å². The molecule has 3 aromatic carbocycles. The Morgan fingerprint density at radius 1 is 1.12 bits per heavy atom. The fourth-order valence-corrected chi connectivity index (χ4v) is 4.74. The van der Waals surface area contributed by atoms with Gasteiger partial charge in [0, 0.05) is 11.6 Å². The largest absolute Gasteiger partial charge is 0.485 e. The zero-order valence-electron chi connectivity index (χ0n) is 18.1. The van der Waals surface area contributed by atoms with Crippen LogP contribution >= 0.6 is 35.0 Å². The van der Waals surface area contributed by atoms with Crippen molar-refractivity contribution in [2.24, 2.45) is 0 Å². The van der Waals surface area contributed by atoms with Gasteiger partial charge in [0.05, 0.1) is 16.5 Å². The van der Waals surface area contributed by atoms with Crippen LogP contribution in [-0.4, -0.2) is 26.4 Å². The Morgan fingerprint density at radius 3 is 2.73 bits per heavy atom. The molecule has 0 bridgehead atoms. The number of thioether (sulfide) groups is 1. The quantitative estimate of drug-likeness (QED) is 0.284. The van der Waals surface area contributed by atoms with E-state index in [1.807, 2.05) is 29.7 Å². The Balaban J connectivity index is 1.40. The Bertz CT molecular complexity index is 1310. The SMILES string of the molecule is CCn1c(COc2ccc3ccccc3c2C)nnc1SCC(=O)Nc1ccc(Cl)cc1Cl. The molecule has 6 nitrogen and oxygen atoms in total. The zero-order valence-corrected chi connectivity index (χ0v) is 20.5. The summed E-state index contributed by atoms with van der Waals surface area (Å²) in [4.78, 5) is 12.4. The first-order valence-electron chi connectivity index (χ1n) is 10.4. The second kappa shape index (κ2) is 10.5. The van der Waals surface area contributed by atoms with Crippen molar-refractivity contribution in [3.05, 3.63) is 76.0 Å². The number of rotatable bonds is 8. The molecule has 0 aliphatic rings. The van der Waals surface area contributed by atoms with Gasteiger partial charge in [-0.2, -0.15) is 0 Å². The number of benzene rings is 3. The molecular formula is C24H22Cl2N4O2S. The number of carbonyl (C=O) groups excluding carboxylic acids is 1. The summed E-state index contributed by atoms with van der Waals surface area (Å²) in [7, 11) is 0. The van der Waals surface area contributed by atoms with Gasteiger partial charge >= 0.3 is 0 Å². The number of aryl methyl sites for hydroxylation is 1. The first kappa shape index (κ1) is 23.4. The molecule has 0 aliphatic heterocycles. The van der Waals surface area contributed by atoms with E-state index in [0.29, 0.717) is 33.3 Å². The molecule has 1 aromatic heterocycles. The molecule has 4 aromatic rings. The third-order valence-electron chi connectivity index (χ3n) is 5.15. The molecular weight excluding hydrogens is 479 g/mol. The average Bonchev–Trinajstić information content (AvgIpc) is 3.21. The summed E-state index contributed by atoms with van der Waals surface area (Å²) < 4.78 is 8.02. The van der Waals surface area contributed by atoms with Crippen molar-refractivity contribution in [2.45, 2.75) is 32.2 Å². The highest BCUT2D eigenvalue weighted by Crippen LogP contribution is 2.28. The minimum absolute atomic E-state index is 0.168. The molecule has 1 heterocycles. The first-order chi connectivity index (χ1) is 16.0. The maximum atomic E-state index is 12.4. The smallest absolute Gasteiger partial charge is 0.234 e. The molecule has 0 saturated carbocycles. The van der Waals surface area contributed by atoms with Gasteiger partial charge in [0.1, 0.15) is 12.4 Å². The summed E-state index contributed by atoms with van der Waals surface area (Å²) in [5.74, 6) is 1.49. The van der Waals surface area contributed by atoms with Crippen molar-refractivity contribution in [3.63, 3.8) is 0 Å². The van der Waals surface area contributed by atoms with E-state index in [1.54, 1.807) is 18.2 Å². The zero-order chi connectivity index (χ0) is 23.4. The van der Waals surface area contributed by atoms with E-state index in [0.717, 1.165) is 16.7 Å². The van der Waals surface area contributed by atoms with E-state index in [1.165, 1.54) is 17.1 Å². The van der Waals surface area contributed by atoms with Crippen LogP contribution in [0.2, 0.25) is 10.0 Å². The molecule has 0 unspecified atom stereocenters. The summed E-state index contributed by atoms with van der Waals surface area (Å²) >= 11 is 13.3. The van der Waals surface area contributed by atoms with Gasteiger partial charge < -0.3 is 14.6 Å². The van der Waals surface area contributed by atoms with Crippen LogP contribution in [0.4, 0.5) is 5.69 Å². The van der Waals surface area contributed by atoms with Crippen molar-refractivity contribution < 1.29 is 9.53 Å². The van der Waals surface area contributed by atoms with Crippen molar-refractivity contribution in [1.29, 1.82) is 0 Å². The fourth-order valence-electron chi connectivity index (χ4n) is 3.46. The highest BCUT2D eigenvalue weighted by Gasteiger charge is 2.15. The minimum Gasteiger partial charge on any atom is -0.485 e. The summed E-state index contributed by atoms with van der Waals surface area (Å²) in [6.07, 6.45) is 0. The van der Waals surface area contributed by atoms with Gasteiger partial charge in [0.15, 0.2) is 11.0 Å². The van der Waals surface area contributed by atoms with Crippen LogP contribution < -0.4 is 10.1 Å². The molecule has 1 amide bonds. The standard InChI is InChI=1S/C24H22Cl2N4O2S/c1-3-30-22(13-32-21-11-8-16-6-4-5-7-18(16)15(21)2)28-29-24(30)33-14-23(31)27-20-10-9-17(25)12-19(20)26/h4-12H,3,13-14H2,1-2H3,(H,27,31). The van der Waals surface area contributed by atoms with Crippen LogP contribution in [0.3, 0.4) is 0 Å². The average molecular weight is 501 g/mol. The molecule has 170 valence electrons. The molecule has 1 N–H and O–H groups in total. The van der Waals surface area contributed by atoms with Crippen LogP contribution in [0, 0.1) is 6.92 Å². The van der Waals surface area contributed by atoms with Crippen molar-refractivity contribution >= 4 is 57.3 Å².